The van der Waals surface area contributed by atoms with Crippen molar-refractivity contribution in [2.75, 3.05) is 0 Å². The van der Waals surface area contributed by atoms with Crippen LogP contribution in [0, 0.1) is 0 Å². The fourth-order valence-corrected chi connectivity index (χ4v) is 12.6. The summed E-state index contributed by atoms with van der Waals surface area (Å²) in [5.41, 5.74) is 25.0. The predicted molar refractivity (Wildman–Crippen MR) is 298 cm³/mol. The van der Waals surface area contributed by atoms with Crippen LogP contribution in [0.4, 0.5) is 0 Å². The Morgan fingerprint density at radius 3 is 0.750 bits per heavy atom. The van der Waals surface area contributed by atoms with Gasteiger partial charge in [-0.25, -0.2) is 0 Å². The SMILES string of the molecule is CC(C)c1cc(C(C)C)c(-c2cc3c4cc5c(cc4c(-c4c(C(C)C)cc(C(C)C)cc4C(C)C)cc3c3cc4c(cc23)-c2cccc3cccc-4c23)-c2cccc3cccc-5c23)c(C(C)C)c1. The molecule has 336 valence electrons. The van der Waals surface area contributed by atoms with Gasteiger partial charge in [0, 0.05) is 0 Å². The zero-order valence-electron chi connectivity index (χ0n) is 42.2. The minimum Gasteiger partial charge on any atom is -0.0610 e. The molecule has 0 nitrogen and oxygen atoms in total. The Labute approximate surface area is 404 Å². The molecule has 10 aromatic rings. The summed E-state index contributed by atoms with van der Waals surface area (Å²) in [6.07, 6.45) is 0. The second kappa shape index (κ2) is 15.5. The third kappa shape index (κ3) is 6.18. The number of benzene rings is 10. The monoisotopic (exact) mass is 881 g/mol. The van der Waals surface area contributed by atoms with Crippen molar-refractivity contribution in [3.05, 3.63) is 167 Å². The van der Waals surface area contributed by atoms with Crippen LogP contribution in [-0.2, 0) is 0 Å². The highest BCUT2D eigenvalue weighted by Crippen LogP contribution is 2.56. The molecule has 2 aliphatic carbocycles. The Bertz CT molecular complexity index is 3470. The Morgan fingerprint density at radius 1 is 0.235 bits per heavy atom. The van der Waals surface area contributed by atoms with Crippen molar-refractivity contribution in [1.29, 1.82) is 0 Å². The summed E-state index contributed by atoms with van der Waals surface area (Å²) in [5, 5.41) is 13.4. The van der Waals surface area contributed by atoms with Gasteiger partial charge >= 0.3 is 0 Å². The molecular weight excluding hydrogens is 817 g/mol. The molecule has 0 aromatic heterocycles. The van der Waals surface area contributed by atoms with Gasteiger partial charge in [0.2, 0.25) is 0 Å². The van der Waals surface area contributed by atoms with Crippen LogP contribution in [0.5, 0.6) is 0 Å². The first-order chi connectivity index (χ1) is 32.7. The second-order valence-corrected chi connectivity index (χ2v) is 22.3. The summed E-state index contributed by atoms with van der Waals surface area (Å²) < 4.78 is 0. The Balaban J connectivity index is 1.32. The zero-order chi connectivity index (χ0) is 47.2. The lowest BCUT2D eigenvalue weighted by Gasteiger charge is -2.27. The van der Waals surface area contributed by atoms with Crippen LogP contribution in [-0.4, -0.2) is 0 Å². The molecule has 12 rings (SSSR count). The van der Waals surface area contributed by atoms with E-state index in [2.05, 4.69) is 217 Å². The van der Waals surface area contributed by atoms with Gasteiger partial charge in [0.25, 0.3) is 0 Å². The summed E-state index contributed by atoms with van der Waals surface area (Å²) in [4.78, 5) is 0. The third-order valence-electron chi connectivity index (χ3n) is 16.1. The van der Waals surface area contributed by atoms with Gasteiger partial charge in [0.15, 0.2) is 0 Å². The van der Waals surface area contributed by atoms with Gasteiger partial charge < -0.3 is 0 Å². The largest absolute Gasteiger partial charge is 0.0610 e. The quantitative estimate of drug-likeness (QED) is 0.133. The lowest BCUT2D eigenvalue weighted by atomic mass is 9.77. The molecule has 0 unspecified atom stereocenters. The third-order valence-corrected chi connectivity index (χ3v) is 16.1. The van der Waals surface area contributed by atoms with E-state index in [4.69, 9.17) is 0 Å². The van der Waals surface area contributed by atoms with Crippen molar-refractivity contribution in [2.45, 2.75) is 119 Å². The van der Waals surface area contributed by atoms with Crippen LogP contribution in [0.3, 0.4) is 0 Å². The van der Waals surface area contributed by atoms with Crippen molar-refractivity contribution in [1.82, 2.24) is 0 Å². The molecule has 0 atom stereocenters. The summed E-state index contributed by atoms with van der Waals surface area (Å²) in [7, 11) is 0. The lowest BCUT2D eigenvalue weighted by molar-refractivity contribution is 0.807. The van der Waals surface area contributed by atoms with E-state index in [9.17, 15) is 0 Å². The molecule has 0 aliphatic heterocycles. The predicted octanol–water partition coefficient (Wildman–Crippen LogP) is 20.8. The molecule has 0 N–H and O–H groups in total. The Morgan fingerprint density at radius 2 is 0.485 bits per heavy atom. The number of fused-ring (bicyclic) bond motifs is 11. The fourth-order valence-electron chi connectivity index (χ4n) is 12.6. The Hall–Kier alpha value is -6.50. The fraction of sp³-hybridized carbons (Fsp3) is 0.265. The maximum atomic E-state index is 2.64. The van der Waals surface area contributed by atoms with Crippen LogP contribution in [0.15, 0.2) is 133 Å². The highest BCUT2D eigenvalue weighted by molar-refractivity contribution is 6.29. The minimum absolute atomic E-state index is 0.346. The molecule has 0 heteroatoms. The zero-order valence-corrected chi connectivity index (χ0v) is 42.2. The van der Waals surface area contributed by atoms with Crippen molar-refractivity contribution < 1.29 is 0 Å². The van der Waals surface area contributed by atoms with E-state index >= 15 is 0 Å². The highest BCUT2D eigenvalue weighted by Gasteiger charge is 2.30. The van der Waals surface area contributed by atoms with Gasteiger partial charge in [-0.1, -0.05) is 180 Å². The van der Waals surface area contributed by atoms with E-state index in [1.54, 1.807) is 0 Å². The summed E-state index contributed by atoms with van der Waals surface area (Å²) >= 11 is 0. The molecule has 10 aromatic carbocycles. The molecule has 0 saturated heterocycles. The number of rotatable bonds is 8. The lowest BCUT2D eigenvalue weighted by Crippen LogP contribution is -2.05. The van der Waals surface area contributed by atoms with Crippen molar-refractivity contribution in [3.63, 3.8) is 0 Å². The smallest absolute Gasteiger partial charge is 0.00264 e. The minimum atomic E-state index is 0.346. The molecule has 68 heavy (non-hydrogen) atoms. The van der Waals surface area contributed by atoms with E-state index in [1.165, 1.54) is 154 Å². The Kier molecular flexibility index (Phi) is 9.77. The van der Waals surface area contributed by atoms with Crippen molar-refractivity contribution in [2.24, 2.45) is 0 Å². The topological polar surface area (TPSA) is 0 Å². The average Bonchev–Trinajstić information content (AvgIpc) is 3.81. The van der Waals surface area contributed by atoms with Crippen LogP contribution >= 0.6 is 0 Å². The molecule has 0 spiro atoms. The van der Waals surface area contributed by atoms with Gasteiger partial charge in [-0.05, 0) is 226 Å². The summed E-state index contributed by atoms with van der Waals surface area (Å²) in [6.45, 7) is 28.6. The highest BCUT2D eigenvalue weighted by atomic mass is 14.3. The maximum absolute atomic E-state index is 2.64. The molecule has 0 saturated carbocycles. The standard InChI is InChI=1S/C68H64/c1-35(2)43-25-49(37(5)6)67(50(26-43)38(7)8)63-33-59-58-30-54-46-22-14-18-42-20-16-24-48(66(42)46)56(54)32-62(58)64(68-51(39(9)10)27-44(36(3)4)28-52(68)40(11)12)34-60(59)57-29-53-45-21-13-17-41-19-15-23-47(65(41)45)55(53)31-61(57)63/h13-40H,1-12H3. The van der Waals surface area contributed by atoms with Gasteiger partial charge in [-0.2, -0.15) is 0 Å². The summed E-state index contributed by atoms with van der Waals surface area (Å²) in [6, 6.07) is 53.4. The molecule has 2 aliphatic rings. The van der Waals surface area contributed by atoms with Crippen molar-refractivity contribution in [3.8, 4) is 66.8 Å². The van der Waals surface area contributed by atoms with E-state index in [1.807, 2.05) is 0 Å². The maximum Gasteiger partial charge on any atom is -0.00264 e. The average molecular weight is 881 g/mol. The van der Waals surface area contributed by atoms with Gasteiger partial charge in [-0.15, -0.1) is 0 Å². The summed E-state index contributed by atoms with van der Waals surface area (Å²) in [5.74, 6) is 2.26. The van der Waals surface area contributed by atoms with Gasteiger partial charge in [0.05, 0.1) is 0 Å². The van der Waals surface area contributed by atoms with E-state index in [0.29, 0.717) is 35.5 Å². The first-order valence-corrected chi connectivity index (χ1v) is 25.7. The molecule has 0 heterocycles. The van der Waals surface area contributed by atoms with Crippen LogP contribution in [0.25, 0.3) is 121 Å². The van der Waals surface area contributed by atoms with E-state index in [-0.39, 0.29) is 0 Å². The first kappa shape index (κ1) is 42.8. The van der Waals surface area contributed by atoms with Crippen LogP contribution < -0.4 is 0 Å². The molecule has 0 bridgehead atoms. The van der Waals surface area contributed by atoms with Crippen LogP contribution in [0.2, 0.25) is 0 Å². The number of hydrogen-bond donors (Lipinski definition) is 0. The van der Waals surface area contributed by atoms with Gasteiger partial charge in [-0.3, -0.25) is 0 Å². The van der Waals surface area contributed by atoms with E-state index in [0.717, 1.165) is 0 Å². The normalized spacial score (nSPS) is 12.9. The molecule has 0 amide bonds. The van der Waals surface area contributed by atoms with Crippen LogP contribution in [0.1, 0.15) is 152 Å². The number of hydrogen-bond acceptors (Lipinski definition) is 0. The first-order valence-electron chi connectivity index (χ1n) is 25.7. The van der Waals surface area contributed by atoms with Crippen molar-refractivity contribution >= 4 is 53.9 Å². The molecular formula is C68H64. The second-order valence-electron chi connectivity index (χ2n) is 22.3. The molecule has 0 fully saturated rings. The van der Waals surface area contributed by atoms with Gasteiger partial charge in [0.1, 0.15) is 0 Å². The molecule has 0 radical (unpaired) electrons. The van der Waals surface area contributed by atoms with E-state index < -0.39 is 0 Å².